The van der Waals surface area contributed by atoms with Crippen molar-refractivity contribution < 1.29 is 8.78 Å². The first kappa shape index (κ1) is 14.4. The van der Waals surface area contributed by atoms with E-state index in [2.05, 4.69) is 24.3 Å². The molecule has 106 valence electrons. The third kappa shape index (κ3) is 3.51. The molecule has 2 nitrogen and oxygen atoms in total. The highest BCUT2D eigenvalue weighted by molar-refractivity contribution is 5.17. The van der Waals surface area contributed by atoms with E-state index in [1.807, 2.05) is 0 Å². The lowest BCUT2D eigenvalue weighted by molar-refractivity contribution is 0.153. The molecule has 1 aromatic rings. The fourth-order valence-electron chi connectivity index (χ4n) is 2.97. The van der Waals surface area contributed by atoms with E-state index in [1.54, 1.807) is 0 Å². The van der Waals surface area contributed by atoms with E-state index in [4.69, 9.17) is 0 Å². The van der Waals surface area contributed by atoms with Gasteiger partial charge in [0.05, 0.1) is 0 Å². The number of likely N-dealkylation sites (N-methyl/N-ethyl adjacent to an activating group) is 1. The highest BCUT2D eigenvalue weighted by atomic mass is 19.1. The third-order valence-corrected chi connectivity index (χ3v) is 4.19. The molecule has 0 atom stereocenters. The number of hydrogen-bond donors (Lipinski definition) is 1. The van der Waals surface area contributed by atoms with E-state index in [0.717, 1.165) is 12.6 Å². The van der Waals surface area contributed by atoms with Crippen LogP contribution in [0, 0.1) is 11.6 Å². The summed E-state index contributed by atoms with van der Waals surface area (Å²) in [6.07, 6.45) is 4.89. The molecule has 1 fully saturated rings. The lowest BCUT2D eigenvalue weighted by atomic mass is 9.96. The Hall–Kier alpha value is -1.00. The van der Waals surface area contributed by atoms with Crippen LogP contribution in [-0.4, -0.2) is 31.1 Å². The minimum absolute atomic E-state index is 0.200. The van der Waals surface area contributed by atoms with Crippen LogP contribution >= 0.6 is 0 Å². The van der Waals surface area contributed by atoms with Gasteiger partial charge in [0.2, 0.25) is 0 Å². The number of nitrogens with zero attached hydrogens (tertiary/aromatic N) is 1. The predicted octanol–water partition coefficient (Wildman–Crippen LogP) is 2.93. The van der Waals surface area contributed by atoms with E-state index in [1.165, 1.54) is 37.8 Å². The summed E-state index contributed by atoms with van der Waals surface area (Å²) in [5.74, 6) is -1.03. The minimum Gasteiger partial charge on any atom is -0.311 e. The summed E-state index contributed by atoms with van der Waals surface area (Å²) in [6, 6.07) is 3.67. The topological polar surface area (TPSA) is 15.3 Å². The lowest BCUT2D eigenvalue weighted by Crippen LogP contribution is -2.49. The number of halogens is 2. The first-order valence-electron chi connectivity index (χ1n) is 6.85. The van der Waals surface area contributed by atoms with Crippen LogP contribution in [0.25, 0.3) is 0 Å². The highest BCUT2D eigenvalue weighted by Crippen LogP contribution is 2.33. The highest BCUT2D eigenvalue weighted by Gasteiger charge is 2.35. The van der Waals surface area contributed by atoms with Gasteiger partial charge in [0.1, 0.15) is 11.6 Å². The zero-order valence-electron chi connectivity index (χ0n) is 11.7. The predicted molar refractivity (Wildman–Crippen MR) is 73.0 cm³/mol. The van der Waals surface area contributed by atoms with Gasteiger partial charge in [-0.2, -0.15) is 0 Å². The second-order valence-electron chi connectivity index (χ2n) is 5.71. The quantitative estimate of drug-likeness (QED) is 0.883. The normalized spacial score (nSPS) is 18.2. The van der Waals surface area contributed by atoms with Gasteiger partial charge >= 0.3 is 0 Å². The van der Waals surface area contributed by atoms with Crippen LogP contribution in [0.3, 0.4) is 0 Å². The zero-order valence-corrected chi connectivity index (χ0v) is 11.7. The molecule has 2 rings (SSSR count). The minimum atomic E-state index is -0.514. The molecule has 1 aliphatic rings. The molecule has 0 heterocycles. The summed E-state index contributed by atoms with van der Waals surface area (Å²) in [6.45, 7) is 1.36. The smallest absolute Gasteiger partial charge is 0.126 e. The molecule has 1 N–H and O–H groups in total. The van der Waals surface area contributed by atoms with Gasteiger partial charge in [-0.3, -0.25) is 0 Å². The molecule has 0 saturated heterocycles. The van der Waals surface area contributed by atoms with Gasteiger partial charge in [-0.15, -0.1) is 0 Å². The summed E-state index contributed by atoms with van der Waals surface area (Å²) >= 11 is 0. The van der Waals surface area contributed by atoms with E-state index in [0.29, 0.717) is 12.1 Å². The first-order valence-corrected chi connectivity index (χ1v) is 6.85. The molecule has 4 heteroatoms. The molecule has 0 bridgehead atoms. The van der Waals surface area contributed by atoms with Crippen LogP contribution in [-0.2, 0) is 6.54 Å². The van der Waals surface area contributed by atoms with Gasteiger partial charge in [0, 0.05) is 24.7 Å². The summed E-state index contributed by atoms with van der Waals surface area (Å²) in [5.41, 5.74) is 0.857. The maximum absolute atomic E-state index is 13.1. The van der Waals surface area contributed by atoms with Gasteiger partial charge < -0.3 is 10.2 Å². The van der Waals surface area contributed by atoms with Crippen LogP contribution in [0.5, 0.6) is 0 Å². The van der Waals surface area contributed by atoms with Crippen LogP contribution in [0.15, 0.2) is 18.2 Å². The molecular formula is C15H22F2N2. The Labute approximate surface area is 113 Å². The van der Waals surface area contributed by atoms with Crippen molar-refractivity contribution in [3.8, 4) is 0 Å². The summed E-state index contributed by atoms with van der Waals surface area (Å²) in [5, 5.41) is 3.35. The van der Waals surface area contributed by atoms with Crippen molar-refractivity contribution in [1.82, 2.24) is 10.2 Å². The van der Waals surface area contributed by atoms with Gasteiger partial charge in [-0.25, -0.2) is 8.78 Å². The Bertz CT molecular complexity index is 406. The van der Waals surface area contributed by atoms with Gasteiger partial charge in [-0.1, -0.05) is 12.8 Å². The van der Waals surface area contributed by atoms with Crippen LogP contribution < -0.4 is 5.32 Å². The molecular weight excluding hydrogens is 246 g/mol. The van der Waals surface area contributed by atoms with Crippen molar-refractivity contribution in [2.45, 2.75) is 37.8 Å². The van der Waals surface area contributed by atoms with Crippen molar-refractivity contribution in [2.75, 3.05) is 20.6 Å². The largest absolute Gasteiger partial charge is 0.311 e. The standard InChI is InChI=1S/C15H22F2N2/c1-19(2)15(5-3-4-6-15)11-18-10-12-7-13(16)9-14(17)8-12/h7-9,18H,3-6,10-11H2,1-2H3. The third-order valence-electron chi connectivity index (χ3n) is 4.19. The Morgan fingerprint density at radius 1 is 1.11 bits per heavy atom. The van der Waals surface area contributed by atoms with Gasteiger partial charge in [0.25, 0.3) is 0 Å². The molecule has 1 aromatic carbocycles. The second kappa shape index (κ2) is 5.97. The van der Waals surface area contributed by atoms with Crippen molar-refractivity contribution in [3.05, 3.63) is 35.4 Å². The molecule has 0 radical (unpaired) electrons. The Morgan fingerprint density at radius 2 is 1.68 bits per heavy atom. The Morgan fingerprint density at radius 3 is 2.21 bits per heavy atom. The number of benzene rings is 1. The molecule has 0 amide bonds. The lowest BCUT2D eigenvalue weighted by Gasteiger charge is -2.36. The maximum atomic E-state index is 13.1. The van der Waals surface area contributed by atoms with Crippen LogP contribution in [0.4, 0.5) is 8.78 Å². The Balaban J connectivity index is 1.92. The molecule has 0 unspecified atom stereocenters. The van der Waals surface area contributed by atoms with Crippen molar-refractivity contribution >= 4 is 0 Å². The van der Waals surface area contributed by atoms with E-state index in [9.17, 15) is 8.78 Å². The average molecular weight is 268 g/mol. The molecule has 19 heavy (non-hydrogen) atoms. The monoisotopic (exact) mass is 268 g/mol. The van der Waals surface area contributed by atoms with Crippen LogP contribution in [0.1, 0.15) is 31.2 Å². The second-order valence-corrected chi connectivity index (χ2v) is 5.71. The molecule has 0 aliphatic heterocycles. The number of rotatable bonds is 5. The summed E-state index contributed by atoms with van der Waals surface area (Å²) < 4.78 is 26.2. The average Bonchev–Trinajstić information content (AvgIpc) is 2.77. The fourth-order valence-corrected chi connectivity index (χ4v) is 2.97. The zero-order chi connectivity index (χ0) is 13.9. The SMILES string of the molecule is CN(C)C1(CNCc2cc(F)cc(F)c2)CCCC1. The molecule has 0 spiro atoms. The first-order chi connectivity index (χ1) is 9.02. The molecule has 1 aliphatic carbocycles. The van der Waals surface area contributed by atoms with Crippen molar-refractivity contribution in [2.24, 2.45) is 0 Å². The fraction of sp³-hybridized carbons (Fsp3) is 0.600. The number of hydrogen-bond acceptors (Lipinski definition) is 2. The molecule has 1 saturated carbocycles. The summed E-state index contributed by atoms with van der Waals surface area (Å²) in [4.78, 5) is 2.28. The van der Waals surface area contributed by atoms with Crippen molar-refractivity contribution in [3.63, 3.8) is 0 Å². The Kier molecular flexibility index (Phi) is 4.53. The van der Waals surface area contributed by atoms with Crippen molar-refractivity contribution in [1.29, 1.82) is 0 Å². The summed E-state index contributed by atoms with van der Waals surface area (Å²) in [7, 11) is 4.21. The molecule has 0 aromatic heterocycles. The van der Waals surface area contributed by atoms with E-state index < -0.39 is 11.6 Å². The number of nitrogens with one attached hydrogen (secondary N) is 1. The van der Waals surface area contributed by atoms with Gasteiger partial charge in [-0.05, 0) is 44.6 Å². The van der Waals surface area contributed by atoms with E-state index >= 15 is 0 Å². The van der Waals surface area contributed by atoms with E-state index in [-0.39, 0.29) is 5.54 Å². The van der Waals surface area contributed by atoms with Crippen LogP contribution in [0.2, 0.25) is 0 Å². The maximum Gasteiger partial charge on any atom is 0.126 e. The van der Waals surface area contributed by atoms with Gasteiger partial charge in [0.15, 0.2) is 0 Å².